The highest BCUT2D eigenvalue weighted by molar-refractivity contribution is 5.72. The van der Waals surface area contributed by atoms with Crippen LogP contribution in [-0.4, -0.2) is 31.0 Å². The van der Waals surface area contributed by atoms with Gasteiger partial charge in [0.15, 0.2) is 11.5 Å². The van der Waals surface area contributed by atoms with E-state index in [2.05, 4.69) is 20.3 Å². The van der Waals surface area contributed by atoms with Gasteiger partial charge in [0.1, 0.15) is 0 Å². The molecular weight excluding hydrogens is 326 g/mol. The maximum absolute atomic E-state index is 9.61. The van der Waals surface area contributed by atoms with Crippen LogP contribution in [0.3, 0.4) is 0 Å². The first-order valence-corrected chi connectivity index (χ1v) is 8.51. The third-order valence-corrected chi connectivity index (χ3v) is 4.35. The fraction of sp³-hybridized carbons (Fsp3) is 0.150. The van der Waals surface area contributed by atoms with Crippen molar-refractivity contribution in [2.24, 2.45) is 0 Å². The van der Waals surface area contributed by atoms with E-state index in [1.54, 1.807) is 18.6 Å². The van der Waals surface area contributed by atoms with E-state index < -0.39 is 0 Å². The number of nitrogens with one attached hydrogen (secondary N) is 1. The molecule has 3 aromatic heterocycles. The predicted octanol–water partition coefficient (Wildman–Crippen LogP) is 2.94. The second-order valence-corrected chi connectivity index (χ2v) is 5.96. The van der Waals surface area contributed by atoms with Gasteiger partial charge in [-0.05, 0) is 29.7 Å². The van der Waals surface area contributed by atoms with Crippen molar-refractivity contribution in [3.63, 3.8) is 0 Å². The maximum atomic E-state index is 9.61. The lowest BCUT2D eigenvalue weighted by molar-refractivity contribution is 0.282. The number of aliphatic hydroxyl groups excluding tert-OH is 1. The predicted molar refractivity (Wildman–Crippen MR) is 101 cm³/mol. The van der Waals surface area contributed by atoms with E-state index in [1.807, 2.05) is 53.2 Å². The van der Waals surface area contributed by atoms with Crippen LogP contribution in [0.4, 0.5) is 5.82 Å². The minimum Gasteiger partial charge on any atom is -0.392 e. The SMILES string of the molecule is OCc1ccccc1-c1cnc2c(NCCc3ccncc3)nccn12. The molecule has 0 aliphatic heterocycles. The third kappa shape index (κ3) is 3.14. The standard InChI is InChI=1S/C20H19N5O/c26-14-16-3-1-2-4-17(16)18-13-24-20-19(23-11-12-25(18)20)22-10-7-15-5-8-21-9-6-15/h1-6,8-9,11-13,26H,7,10,14H2,(H,22,23). The van der Waals surface area contributed by atoms with Crippen LogP contribution in [0.1, 0.15) is 11.1 Å². The second-order valence-electron chi connectivity index (χ2n) is 5.96. The normalized spacial score (nSPS) is 11.0. The van der Waals surface area contributed by atoms with Gasteiger partial charge in [0.25, 0.3) is 0 Å². The van der Waals surface area contributed by atoms with Crippen LogP contribution in [0.2, 0.25) is 0 Å². The van der Waals surface area contributed by atoms with E-state index in [1.165, 1.54) is 5.56 Å². The van der Waals surface area contributed by atoms with Gasteiger partial charge in [-0.3, -0.25) is 9.38 Å². The van der Waals surface area contributed by atoms with Crippen molar-refractivity contribution < 1.29 is 5.11 Å². The van der Waals surface area contributed by atoms with Crippen LogP contribution in [0.15, 0.2) is 67.4 Å². The van der Waals surface area contributed by atoms with E-state index in [9.17, 15) is 5.11 Å². The molecule has 0 fully saturated rings. The van der Waals surface area contributed by atoms with Crippen molar-refractivity contribution in [2.75, 3.05) is 11.9 Å². The molecule has 2 N–H and O–H groups in total. The molecule has 4 aromatic rings. The summed E-state index contributed by atoms with van der Waals surface area (Å²) in [7, 11) is 0. The van der Waals surface area contributed by atoms with E-state index >= 15 is 0 Å². The number of anilines is 1. The number of benzene rings is 1. The molecule has 0 spiro atoms. The summed E-state index contributed by atoms with van der Waals surface area (Å²) in [5.41, 5.74) is 4.77. The molecule has 6 nitrogen and oxygen atoms in total. The molecule has 3 heterocycles. The maximum Gasteiger partial charge on any atom is 0.180 e. The summed E-state index contributed by atoms with van der Waals surface area (Å²) in [6.45, 7) is 0.748. The average molecular weight is 345 g/mol. The van der Waals surface area contributed by atoms with Crippen LogP contribution >= 0.6 is 0 Å². The van der Waals surface area contributed by atoms with Gasteiger partial charge in [-0.15, -0.1) is 0 Å². The summed E-state index contributed by atoms with van der Waals surface area (Å²) in [6.07, 6.45) is 9.95. The lowest BCUT2D eigenvalue weighted by atomic mass is 10.1. The molecule has 4 rings (SSSR count). The van der Waals surface area contributed by atoms with Crippen LogP contribution in [0.25, 0.3) is 16.9 Å². The third-order valence-electron chi connectivity index (χ3n) is 4.35. The first kappa shape index (κ1) is 16.2. The molecule has 0 radical (unpaired) electrons. The molecule has 0 atom stereocenters. The summed E-state index contributed by atoms with van der Waals surface area (Å²) in [4.78, 5) is 13.0. The van der Waals surface area contributed by atoms with Crippen molar-refractivity contribution in [1.29, 1.82) is 0 Å². The Hall–Kier alpha value is -3.25. The van der Waals surface area contributed by atoms with E-state index in [4.69, 9.17) is 0 Å². The first-order chi connectivity index (χ1) is 12.9. The molecule has 0 saturated carbocycles. The Kier molecular flexibility index (Phi) is 4.57. The Morgan fingerprint density at radius 1 is 1.00 bits per heavy atom. The highest BCUT2D eigenvalue weighted by Crippen LogP contribution is 2.26. The topological polar surface area (TPSA) is 75.3 Å². The number of rotatable bonds is 6. The smallest absolute Gasteiger partial charge is 0.180 e. The molecule has 6 heteroatoms. The molecule has 130 valence electrons. The van der Waals surface area contributed by atoms with Gasteiger partial charge < -0.3 is 10.4 Å². The first-order valence-electron chi connectivity index (χ1n) is 8.51. The fourth-order valence-electron chi connectivity index (χ4n) is 3.03. The number of aromatic nitrogens is 4. The molecule has 1 aromatic carbocycles. The highest BCUT2D eigenvalue weighted by Gasteiger charge is 2.12. The highest BCUT2D eigenvalue weighted by atomic mass is 16.3. The zero-order valence-corrected chi connectivity index (χ0v) is 14.2. The molecular formula is C20H19N5O. The van der Waals surface area contributed by atoms with E-state index in [0.29, 0.717) is 0 Å². The quantitative estimate of drug-likeness (QED) is 0.562. The largest absolute Gasteiger partial charge is 0.392 e. The summed E-state index contributed by atoms with van der Waals surface area (Å²) in [5.74, 6) is 0.745. The fourth-order valence-corrected chi connectivity index (χ4v) is 3.03. The lowest BCUT2D eigenvalue weighted by Gasteiger charge is -2.09. The zero-order chi connectivity index (χ0) is 17.8. The minimum absolute atomic E-state index is 0.00840. The van der Waals surface area contributed by atoms with Gasteiger partial charge in [0, 0.05) is 36.9 Å². The average Bonchev–Trinajstić information content (AvgIpc) is 3.13. The van der Waals surface area contributed by atoms with Crippen LogP contribution < -0.4 is 5.32 Å². The Balaban J connectivity index is 1.61. The minimum atomic E-state index is -0.00840. The van der Waals surface area contributed by atoms with Crippen molar-refractivity contribution in [3.8, 4) is 11.3 Å². The summed E-state index contributed by atoms with van der Waals surface area (Å²) in [5, 5.41) is 13.0. The monoisotopic (exact) mass is 345 g/mol. The number of nitrogens with zero attached hydrogens (tertiary/aromatic N) is 4. The summed E-state index contributed by atoms with van der Waals surface area (Å²) < 4.78 is 2.00. The van der Waals surface area contributed by atoms with Gasteiger partial charge in [-0.25, -0.2) is 9.97 Å². The summed E-state index contributed by atoms with van der Waals surface area (Å²) in [6, 6.07) is 11.8. The Morgan fingerprint density at radius 2 is 1.85 bits per heavy atom. The van der Waals surface area contributed by atoms with E-state index in [0.717, 1.165) is 41.3 Å². The molecule has 26 heavy (non-hydrogen) atoms. The Morgan fingerprint density at radius 3 is 2.69 bits per heavy atom. The molecule has 0 aliphatic rings. The zero-order valence-electron chi connectivity index (χ0n) is 14.2. The number of hydrogen-bond acceptors (Lipinski definition) is 5. The van der Waals surface area contributed by atoms with Crippen molar-refractivity contribution in [2.45, 2.75) is 13.0 Å². The molecule has 0 unspecified atom stereocenters. The number of aliphatic hydroxyl groups is 1. The molecule has 0 amide bonds. The van der Waals surface area contributed by atoms with Crippen molar-refractivity contribution >= 4 is 11.5 Å². The van der Waals surface area contributed by atoms with E-state index in [-0.39, 0.29) is 6.61 Å². The van der Waals surface area contributed by atoms with Gasteiger partial charge in [0.05, 0.1) is 18.5 Å². The van der Waals surface area contributed by atoms with Gasteiger partial charge in [0.2, 0.25) is 0 Å². The number of imidazole rings is 1. The lowest BCUT2D eigenvalue weighted by Crippen LogP contribution is -2.08. The number of pyridine rings is 1. The number of hydrogen-bond donors (Lipinski definition) is 2. The van der Waals surface area contributed by atoms with Gasteiger partial charge in [-0.2, -0.15) is 0 Å². The molecule has 0 saturated heterocycles. The molecule has 0 bridgehead atoms. The number of fused-ring (bicyclic) bond motifs is 1. The van der Waals surface area contributed by atoms with Gasteiger partial charge >= 0.3 is 0 Å². The van der Waals surface area contributed by atoms with Crippen LogP contribution in [0.5, 0.6) is 0 Å². The Bertz CT molecular complexity index is 1010. The van der Waals surface area contributed by atoms with Crippen molar-refractivity contribution in [1.82, 2.24) is 19.4 Å². The van der Waals surface area contributed by atoms with Crippen LogP contribution in [0, 0.1) is 0 Å². The second kappa shape index (κ2) is 7.33. The Labute approximate surface area is 151 Å². The molecule has 0 aliphatic carbocycles. The summed E-state index contributed by atoms with van der Waals surface area (Å²) >= 11 is 0. The van der Waals surface area contributed by atoms with Gasteiger partial charge in [-0.1, -0.05) is 24.3 Å². The van der Waals surface area contributed by atoms with Crippen molar-refractivity contribution in [3.05, 3.63) is 78.5 Å². The van der Waals surface area contributed by atoms with Crippen LogP contribution in [-0.2, 0) is 13.0 Å².